The van der Waals surface area contributed by atoms with Crippen molar-refractivity contribution in [3.63, 3.8) is 0 Å². The summed E-state index contributed by atoms with van der Waals surface area (Å²) in [5, 5.41) is 17.8. The highest BCUT2D eigenvalue weighted by atomic mass is 19.1. The fourth-order valence-corrected chi connectivity index (χ4v) is 5.34. The van der Waals surface area contributed by atoms with Crippen LogP contribution in [0.3, 0.4) is 0 Å². The predicted molar refractivity (Wildman–Crippen MR) is 158 cm³/mol. The maximum Gasteiger partial charge on any atom is 0.337 e. The second-order valence-corrected chi connectivity index (χ2v) is 11.4. The van der Waals surface area contributed by atoms with Gasteiger partial charge in [0.05, 0.1) is 24.5 Å². The zero-order valence-electron chi connectivity index (χ0n) is 25.1. The summed E-state index contributed by atoms with van der Waals surface area (Å²) in [6.07, 6.45) is -0.108. The lowest BCUT2D eigenvalue weighted by molar-refractivity contribution is -0.160. The first-order valence-electron chi connectivity index (χ1n) is 14.2. The summed E-state index contributed by atoms with van der Waals surface area (Å²) in [5.74, 6) is -1.25. The smallest absolute Gasteiger partial charge is 0.337 e. The molecule has 2 aromatic carbocycles. The molecule has 0 unspecified atom stereocenters. The number of aromatic nitrogens is 3. The Balaban J connectivity index is 1.71. The topological polar surface area (TPSA) is 124 Å². The van der Waals surface area contributed by atoms with Crippen molar-refractivity contribution in [1.29, 1.82) is 0 Å². The molecule has 1 amide bonds. The van der Waals surface area contributed by atoms with E-state index in [-0.39, 0.29) is 17.1 Å². The van der Waals surface area contributed by atoms with Gasteiger partial charge >= 0.3 is 5.97 Å². The summed E-state index contributed by atoms with van der Waals surface area (Å²) >= 11 is 0. The minimum Gasteiger partial charge on any atom is -0.494 e. The Kier molecular flexibility index (Phi) is 8.11. The fraction of sp³-hybridized carbons (Fsp3) is 0.375. The van der Waals surface area contributed by atoms with Crippen LogP contribution in [0, 0.1) is 19.7 Å². The number of rotatable bonds is 8. The van der Waals surface area contributed by atoms with Gasteiger partial charge in [0.25, 0.3) is 5.91 Å². The number of carboxylic acid groups (broad SMARTS) is 1. The molecular formula is C32H35FN4O6. The standard InChI is InChI=1S/C32H35FN4O6/c1-7-41-20-11-8-10-19(14-20)30(38)35-24-16-25-34-18(3)26(29(31(39)40)43-32(4,5)6)27(37(25)36-24)22-15-23(33)28-21(17(22)2)12-9-13-42-28/h8,10-11,14-16,29H,7,9,12-13H2,1-6H3,(H,39,40)(H,35,36,38)/t29-/m0/s1. The van der Waals surface area contributed by atoms with Gasteiger partial charge in [0.2, 0.25) is 0 Å². The van der Waals surface area contributed by atoms with Gasteiger partial charge in [0.1, 0.15) is 5.75 Å². The van der Waals surface area contributed by atoms with Crippen molar-refractivity contribution in [2.75, 3.05) is 18.5 Å². The number of aryl methyl sites for hydroxylation is 1. The minimum atomic E-state index is -1.44. The number of hydrogen-bond donors (Lipinski definition) is 2. The molecule has 5 rings (SSSR count). The van der Waals surface area contributed by atoms with Crippen LogP contribution in [0.5, 0.6) is 11.5 Å². The monoisotopic (exact) mass is 590 g/mol. The van der Waals surface area contributed by atoms with Crippen LogP contribution in [0.25, 0.3) is 16.9 Å². The molecule has 11 heteroatoms. The summed E-state index contributed by atoms with van der Waals surface area (Å²) in [6.45, 7) is 11.5. The zero-order chi connectivity index (χ0) is 31.1. The summed E-state index contributed by atoms with van der Waals surface area (Å²) in [6, 6.07) is 9.68. The Hall–Kier alpha value is -4.51. The van der Waals surface area contributed by atoms with Gasteiger partial charge in [-0.15, -0.1) is 5.10 Å². The lowest BCUT2D eigenvalue weighted by Crippen LogP contribution is -2.29. The highest BCUT2D eigenvalue weighted by Gasteiger charge is 2.34. The van der Waals surface area contributed by atoms with Gasteiger partial charge in [-0.2, -0.15) is 0 Å². The average molecular weight is 591 g/mol. The Morgan fingerprint density at radius 1 is 1.21 bits per heavy atom. The lowest BCUT2D eigenvalue weighted by atomic mass is 9.91. The summed E-state index contributed by atoms with van der Waals surface area (Å²) in [7, 11) is 0. The molecule has 2 aromatic heterocycles. The molecule has 1 aliphatic rings. The van der Waals surface area contributed by atoms with Gasteiger partial charge < -0.3 is 24.6 Å². The van der Waals surface area contributed by atoms with E-state index in [0.717, 1.165) is 12.0 Å². The van der Waals surface area contributed by atoms with Crippen LogP contribution in [0.1, 0.15) is 73.0 Å². The van der Waals surface area contributed by atoms with Crippen LogP contribution in [0.15, 0.2) is 36.4 Å². The quantitative estimate of drug-likeness (QED) is 0.253. The molecule has 0 saturated heterocycles. The number of benzene rings is 2. The number of nitrogens with zero attached hydrogens (tertiary/aromatic N) is 3. The van der Waals surface area contributed by atoms with Crippen molar-refractivity contribution < 1.29 is 33.3 Å². The molecule has 2 N–H and O–H groups in total. The van der Waals surface area contributed by atoms with E-state index in [4.69, 9.17) is 14.2 Å². The first kappa shape index (κ1) is 30.0. The molecule has 1 atom stereocenters. The van der Waals surface area contributed by atoms with Crippen molar-refractivity contribution in [3.05, 3.63) is 70.2 Å². The molecule has 0 radical (unpaired) electrons. The van der Waals surface area contributed by atoms with Gasteiger partial charge in [-0.1, -0.05) is 6.07 Å². The number of aliphatic carboxylic acids is 1. The number of carbonyl (C=O) groups is 2. The molecule has 43 heavy (non-hydrogen) atoms. The number of nitrogens with one attached hydrogen (secondary N) is 1. The van der Waals surface area contributed by atoms with E-state index in [9.17, 15) is 14.7 Å². The number of ether oxygens (including phenoxy) is 3. The maximum atomic E-state index is 15.5. The van der Waals surface area contributed by atoms with Crippen LogP contribution in [0.2, 0.25) is 0 Å². The minimum absolute atomic E-state index is 0.181. The van der Waals surface area contributed by atoms with Crippen molar-refractivity contribution in [2.24, 2.45) is 0 Å². The molecule has 0 aliphatic carbocycles. The Morgan fingerprint density at radius 3 is 2.67 bits per heavy atom. The van der Waals surface area contributed by atoms with Crippen LogP contribution < -0.4 is 14.8 Å². The van der Waals surface area contributed by atoms with E-state index < -0.39 is 29.4 Å². The molecule has 0 fully saturated rings. The van der Waals surface area contributed by atoms with E-state index in [2.05, 4.69) is 15.4 Å². The second-order valence-electron chi connectivity index (χ2n) is 11.4. The number of anilines is 1. The number of carboxylic acids is 1. The third-order valence-corrected chi connectivity index (χ3v) is 7.13. The molecule has 3 heterocycles. The van der Waals surface area contributed by atoms with Crippen LogP contribution in [-0.2, 0) is 16.0 Å². The van der Waals surface area contributed by atoms with E-state index in [0.29, 0.717) is 59.1 Å². The van der Waals surface area contributed by atoms with Gasteiger partial charge in [-0.3, -0.25) is 4.79 Å². The first-order chi connectivity index (χ1) is 20.4. The van der Waals surface area contributed by atoms with Gasteiger partial charge in [-0.05, 0) is 84.2 Å². The number of amides is 1. The second kappa shape index (κ2) is 11.6. The van der Waals surface area contributed by atoms with Crippen molar-refractivity contribution in [2.45, 2.75) is 66.1 Å². The predicted octanol–water partition coefficient (Wildman–Crippen LogP) is 6.07. The Bertz CT molecular complexity index is 1730. The summed E-state index contributed by atoms with van der Waals surface area (Å²) in [4.78, 5) is 30.5. The van der Waals surface area contributed by atoms with E-state index in [1.807, 2.05) is 13.8 Å². The van der Waals surface area contributed by atoms with Crippen molar-refractivity contribution in [1.82, 2.24) is 14.6 Å². The van der Waals surface area contributed by atoms with Gasteiger partial charge in [0, 0.05) is 34.0 Å². The van der Waals surface area contributed by atoms with Crippen molar-refractivity contribution in [3.8, 4) is 22.8 Å². The molecule has 10 nitrogen and oxygen atoms in total. The van der Waals surface area contributed by atoms with Gasteiger partial charge in [0.15, 0.2) is 29.1 Å². The summed E-state index contributed by atoms with van der Waals surface area (Å²) < 4.78 is 34.2. The number of halogens is 1. The summed E-state index contributed by atoms with van der Waals surface area (Å²) in [5.41, 5.74) is 2.67. The van der Waals surface area contributed by atoms with Crippen LogP contribution in [-0.4, -0.2) is 50.4 Å². The number of carbonyl (C=O) groups excluding carboxylic acids is 1. The Morgan fingerprint density at radius 2 is 1.98 bits per heavy atom. The maximum absolute atomic E-state index is 15.5. The zero-order valence-corrected chi connectivity index (χ0v) is 25.1. The molecular weight excluding hydrogens is 555 g/mol. The van der Waals surface area contributed by atoms with E-state index in [1.165, 1.54) is 10.6 Å². The Labute approximate surface area is 248 Å². The molecule has 1 aliphatic heterocycles. The number of hydrogen-bond acceptors (Lipinski definition) is 7. The third-order valence-electron chi connectivity index (χ3n) is 7.13. The van der Waals surface area contributed by atoms with E-state index >= 15 is 4.39 Å². The molecule has 226 valence electrons. The normalized spacial score (nSPS) is 13.7. The SMILES string of the molecule is CCOc1cccc(C(=O)Nc2cc3nc(C)c([C@H](OC(C)(C)C)C(=O)O)c(-c4cc(F)c5c(c4C)CCCO5)n3n2)c1. The average Bonchev–Trinajstić information content (AvgIpc) is 3.34. The van der Waals surface area contributed by atoms with Crippen LogP contribution >= 0.6 is 0 Å². The molecule has 4 aromatic rings. The van der Waals surface area contributed by atoms with E-state index in [1.54, 1.807) is 58.0 Å². The largest absolute Gasteiger partial charge is 0.494 e. The third kappa shape index (κ3) is 6.03. The van der Waals surface area contributed by atoms with Crippen molar-refractivity contribution >= 4 is 23.3 Å². The van der Waals surface area contributed by atoms with Gasteiger partial charge in [-0.25, -0.2) is 18.7 Å². The van der Waals surface area contributed by atoms with Crippen LogP contribution in [0.4, 0.5) is 10.2 Å². The molecule has 0 spiro atoms. The first-order valence-corrected chi connectivity index (χ1v) is 14.2. The molecule has 0 saturated carbocycles. The number of fused-ring (bicyclic) bond motifs is 2. The highest BCUT2D eigenvalue weighted by molar-refractivity contribution is 6.04. The lowest BCUT2D eigenvalue weighted by Gasteiger charge is -2.28. The molecule has 0 bridgehead atoms. The highest BCUT2D eigenvalue weighted by Crippen LogP contribution is 2.41. The fourth-order valence-electron chi connectivity index (χ4n) is 5.34.